The normalized spacial score (nSPS) is 26.0. The molecule has 0 aliphatic heterocycles. The number of aryl methyl sites for hydroxylation is 1. The third-order valence-corrected chi connectivity index (χ3v) is 7.16. The SMILES string of the molecule is CCCCCC(O)C=C[C@@H]1[C@@H](CCCc2ccc(C(=O)OC)s2)[C@H](Cl)C[C@H]1O. The van der Waals surface area contributed by atoms with E-state index in [-0.39, 0.29) is 23.2 Å². The lowest BCUT2D eigenvalue weighted by atomic mass is 9.89. The van der Waals surface area contributed by atoms with Crippen LogP contribution in [0.2, 0.25) is 0 Å². The Kier molecular flexibility index (Phi) is 10.00. The van der Waals surface area contributed by atoms with Crippen LogP contribution in [0.25, 0.3) is 0 Å². The second-order valence-corrected chi connectivity index (χ2v) is 9.39. The minimum absolute atomic E-state index is 0.00251. The van der Waals surface area contributed by atoms with Crippen LogP contribution in [-0.4, -0.2) is 40.9 Å². The van der Waals surface area contributed by atoms with Crippen LogP contribution >= 0.6 is 22.9 Å². The van der Waals surface area contributed by atoms with Crippen molar-refractivity contribution in [2.75, 3.05) is 7.11 Å². The minimum atomic E-state index is -0.448. The van der Waals surface area contributed by atoms with Crippen molar-refractivity contribution in [1.82, 2.24) is 0 Å². The lowest BCUT2D eigenvalue weighted by Gasteiger charge is -2.21. The van der Waals surface area contributed by atoms with Crippen molar-refractivity contribution in [1.29, 1.82) is 0 Å². The lowest BCUT2D eigenvalue weighted by molar-refractivity contribution is 0.0606. The van der Waals surface area contributed by atoms with Crippen LogP contribution in [0.3, 0.4) is 0 Å². The van der Waals surface area contributed by atoms with Crippen molar-refractivity contribution in [3.05, 3.63) is 34.0 Å². The number of halogens is 1. The van der Waals surface area contributed by atoms with Crippen LogP contribution in [0.1, 0.15) is 66.4 Å². The van der Waals surface area contributed by atoms with Gasteiger partial charge in [-0.25, -0.2) is 4.79 Å². The fourth-order valence-corrected chi connectivity index (χ4v) is 5.37. The molecule has 1 unspecified atom stereocenters. The monoisotopic (exact) mass is 428 g/mol. The third-order valence-electron chi connectivity index (χ3n) is 5.54. The maximum Gasteiger partial charge on any atom is 0.348 e. The fourth-order valence-electron chi connectivity index (χ4n) is 3.92. The number of ether oxygens (including phenoxy) is 1. The Bertz CT molecular complexity index is 630. The zero-order chi connectivity index (χ0) is 20.5. The van der Waals surface area contributed by atoms with Gasteiger partial charge in [-0.3, -0.25) is 0 Å². The van der Waals surface area contributed by atoms with Crippen LogP contribution in [0.4, 0.5) is 0 Å². The zero-order valence-electron chi connectivity index (χ0n) is 16.9. The van der Waals surface area contributed by atoms with E-state index in [0.717, 1.165) is 49.8 Å². The highest BCUT2D eigenvalue weighted by Gasteiger charge is 2.39. The predicted molar refractivity (Wildman–Crippen MR) is 115 cm³/mol. The predicted octanol–water partition coefficient (Wildman–Crippen LogP) is 4.96. The number of alkyl halides is 1. The van der Waals surface area contributed by atoms with Gasteiger partial charge in [-0.05, 0) is 50.2 Å². The number of hydrogen-bond donors (Lipinski definition) is 2. The number of aliphatic hydroxyl groups excluding tert-OH is 2. The van der Waals surface area contributed by atoms with E-state index in [1.807, 2.05) is 18.2 Å². The van der Waals surface area contributed by atoms with Gasteiger partial charge in [0.25, 0.3) is 0 Å². The van der Waals surface area contributed by atoms with Gasteiger partial charge in [0, 0.05) is 16.2 Å². The molecule has 158 valence electrons. The molecule has 1 aliphatic carbocycles. The number of esters is 1. The molecule has 1 saturated carbocycles. The van der Waals surface area contributed by atoms with Crippen LogP contribution in [0.15, 0.2) is 24.3 Å². The third kappa shape index (κ3) is 6.87. The van der Waals surface area contributed by atoms with Crippen LogP contribution < -0.4 is 0 Å². The molecule has 5 atom stereocenters. The first-order valence-electron chi connectivity index (χ1n) is 10.3. The number of methoxy groups -OCH3 is 1. The summed E-state index contributed by atoms with van der Waals surface area (Å²) >= 11 is 7.99. The molecule has 4 nitrogen and oxygen atoms in total. The summed E-state index contributed by atoms with van der Waals surface area (Å²) in [6.45, 7) is 2.15. The first kappa shape index (κ1) is 23.4. The molecule has 0 aromatic carbocycles. The first-order chi connectivity index (χ1) is 13.5. The molecule has 1 aliphatic rings. The van der Waals surface area contributed by atoms with Crippen molar-refractivity contribution in [3.63, 3.8) is 0 Å². The Hall–Kier alpha value is -0.880. The van der Waals surface area contributed by atoms with Gasteiger partial charge in [-0.2, -0.15) is 0 Å². The molecule has 0 amide bonds. The van der Waals surface area contributed by atoms with Crippen molar-refractivity contribution in [2.45, 2.75) is 75.9 Å². The molecule has 1 heterocycles. The molecule has 2 rings (SSSR count). The standard InChI is InChI=1S/C22H33ClO4S/c1-3-4-5-7-15(24)10-12-18-17(19(23)14-20(18)25)9-6-8-16-11-13-21(28-16)22(26)27-2/h10-13,15,17-20,24-25H,3-9,14H2,1-2H3/t15?,17-,18-,19-,20-/m1/s1. The molecular weight excluding hydrogens is 396 g/mol. The Labute approximate surface area is 177 Å². The van der Waals surface area contributed by atoms with Crippen molar-refractivity contribution >= 4 is 28.9 Å². The molecule has 0 radical (unpaired) electrons. The topological polar surface area (TPSA) is 66.8 Å². The summed E-state index contributed by atoms with van der Waals surface area (Å²) in [6, 6.07) is 3.78. The van der Waals surface area contributed by atoms with E-state index in [9.17, 15) is 15.0 Å². The number of carbonyl (C=O) groups is 1. The number of rotatable bonds is 11. The largest absolute Gasteiger partial charge is 0.465 e. The lowest BCUT2D eigenvalue weighted by Crippen LogP contribution is -2.19. The fraction of sp³-hybridized carbons (Fsp3) is 0.682. The average molecular weight is 429 g/mol. The molecule has 6 heteroatoms. The second kappa shape index (κ2) is 12.0. The molecule has 1 aromatic rings. The molecule has 0 bridgehead atoms. The maximum atomic E-state index is 11.6. The average Bonchev–Trinajstić information content (AvgIpc) is 3.24. The molecule has 1 aromatic heterocycles. The van der Waals surface area contributed by atoms with E-state index in [1.165, 1.54) is 18.4 Å². The molecule has 28 heavy (non-hydrogen) atoms. The Morgan fingerprint density at radius 1 is 1.39 bits per heavy atom. The van der Waals surface area contributed by atoms with Crippen LogP contribution in [0.5, 0.6) is 0 Å². The number of thiophene rings is 1. The van der Waals surface area contributed by atoms with E-state index in [0.29, 0.717) is 11.3 Å². The van der Waals surface area contributed by atoms with Crippen molar-refractivity contribution < 1.29 is 19.7 Å². The Morgan fingerprint density at radius 3 is 2.89 bits per heavy atom. The highest BCUT2D eigenvalue weighted by molar-refractivity contribution is 7.13. The molecular formula is C22H33ClO4S. The smallest absolute Gasteiger partial charge is 0.348 e. The van der Waals surface area contributed by atoms with Crippen LogP contribution in [-0.2, 0) is 11.2 Å². The van der Waals surface area contributed by atoms with Gasteiger partial charge in [-0.15, -0.1) is 22.9 Å². The van der Waals surface area contributed by atoms with E-state index in [4.69, 9.17) is 16.3 Å². The Balaban J connectivity index is 1.85. The number of unbranched alkanes of at least 4 members (excludes halogenated alkanes) is 2. The van der Waals surface area contributed by atoms with Gasteiger partial charge in [-0.1, -0.05) is 38.3 Å². The van der Waals surface area contributed by atoms with Gasteiger partial charge in [0.1, 0.15) is 4.88 Å². The zero-order valence-corrected chi connectivity index (χ0v) is 18.4. The van der Waals surface area contributed by atoms with Gasteiger partial charge >= 0.3 is 5.97 Å². The Morgan fingerprint density at radius 2 is 2.18 bits per heavy atom. The summed E-state index contributed by atoms with van der Waals surface area (Å²) in [4.78, 5) is 13.3. The molecule has 2 N–H and O–H groups in total. The van der Waals surface area contributed by atoms with Crippen LogP contribution in [0, 0.1) is 11.8 Å². The summed E-state index contributed by atoms with van der Waals surface area (Å²) in [5.41, 5.74) is 0. The molecule has 1 fully saturated rings. The summed E-state index contributed by atoms with van der Waals surface area (Å²) in [5.74, 6) is -0.0910. The van der Waals surface area contributed by atoms with Crippen molar-refractivity contribution in [3.8, 4) is 0 Å². The number of aliphatic hydroxyl groups is 2. The summed E-state index contributed by atoms with van der Waals surface area (Å²) in [6.07, 6.45) is 10.3. The summed E-state index contributed by atoms with van der Waals surface area (Å²) in [5, 5.41) is 20.5. The van der Waals surface area contributed by atoms with Crippen molar-refractivity contribution in [2.24, 2.45) is 11.8 Å². The quantitative estimate of drug-likeness (QED) is 0.226. The van der Waals surface area contributed by atoms with E-state index < -0.39 is 12.2 Å². The van der Waals surface area contributed by atoms with E-state index >= 15 is 0 Å². The number of carbonyl (C=O) groups excluding carboxylic acids is 1. The van der Waals surface area contributed by atoms with Gasteiger partial charge in [0.15, 0.2) is 0 Å². The number of hydrogen-bond acceptors (Lipinski definition) is 5. The highest BCUT2D eigenvalue weighted by atomic mass is 35.5. The van der Waals surface area contributed by atoms with Gasteiger partial charge in [0.05, 0.1) is 19.3 Å². The second-order valence-electron chi connectivity index (χ2n) is 7.66. The maximum absolute atomic E-state index is 11.6. The first-order valence-corrected chi connectivity index (χ1v) is 11.6. The highest BCUT2D eigenvalue weighted by Crippen LogP contribution is 2.40. The summed E-state index contributed by atoms with van der Waals surface area (Å²) < 4.78 is 4.75. The molecule has 0 spiro atoms. The molecule has 0 saturated heterocycles. The van der Waals surface area contributed by atoms with Gasteiger partial charge in [0.2, 0.25) is 0 Å². The van der Waals surface area contributed by atoms with E-state index in [1.54, 1.807) is 6.07 Å². The summed E-state index contributed by atoms with van der Waals surface area (Å²) in [7, 11) is 1.39. The minimum Gasteiger partial charge on any atom is -0.465 e. The van der Waals surface area contributed by atoms with E-state index in [2.05, 4.69) is 6.92 Å². The van der Waals surface area contributed by atoms with Gasteiger partial charge < -0.3 is 14.9 Å².